The van der Waals surface area contributed by atoms with E-state index in [1.807, 2.05) is 13.8 Å². The molecule has 2 nitrogen and oxygen atoms in total. The zero-order valence-corrected chi connectivity index (χ0v) is 12.7. The molecule has 2 heteroatoms. The number of aryl methyl sites for hydroxylation is 1. The summed E-state index contributed by atoms with van der Waals surface area (Å²) in [6.07, 6.45) is 3.27. The number of nitriles is 1. The maximum absolute atomic E-state index is 8.96. The van der Waals surface area contributed by atoms with Crippen molar-refractivity contribution in [3.05, 3.63) is 35.4 Å². The molecule has 1 rings (SSSR count). The highest BCUT2D eigenvalue weighted by molar-refractivity contribution is 5.21. The van der Waals surface area contributed by atoms with E-state index in [-0.39, 0.29) is 5.41 Å². The SMILES string of the molecule is Cc1ccc(CN(C)CCCCC(C)(C)C#N)cc1. The molecule has 0 aromatic heterocycles. The molecule has 0 spiro atoms. The van der Waals surface area contributed by atoms with Gasteiger partial charge in [0.1, 0.15) is 0 Å². The van der Waals surface area contributed by atoms with Gasteiger partial charge in [0, 0.05) is 6.54 Å². The van der Waals surface area contributed by atoms with Crippen LogP contribution in [0, 0.1) is 23.7 Å². The second-order valence-corrected chi connectivity index (χ2v) is 6.18. The average Bonchev–Trinajstić information content (AvgIpc) is 2.38. The van der Waals surface area contributed by atoms with Gasteiger partial charge in [-0.05, 0) is 52.8 Å². The van der Waals surface area contributed by atoms with E-state index in [2.05, 4.69) is 49.2 Å². The minimum Gasteiger partial charge on any atom is -0.302 e. The molecule has 0 bridgehead atoms. The minimum absolute atomic E-state index is 0.171. The number of unbranched alkanes of at least 4 members (excludes halogenated alkanes) is 1. The van der Waals surface area contributed by atoms with Gasteiger partial charge in [-0.25, -0.2) is 0 Å². The zero-order chi connectivity index (χ0) is 14.3. The predicted octanol–water partition coefficient (Wildman–Crippen LogP) is 4.15. The van der Waals surface area contributed by atoms with Crippen molar-refractivity contribution in [2.45, 2.75) is 46.6 Å². The third-order valence-electron chi connectivity index (χ3n) is 3.47. The summed E-state index contributed by atoms with van der Waals surface area (Å²) >= 11 is 0. The Morgan fingerprint density at radius 1 is 1.16 bits per heavy atom. The van der Waals surface area contributed by atoms with E-state index in [0.29, 0.717) is 0 Å². The van der Waals surface area contributed by atoms with E-state index in [0.717, 1.165) is 32.4 Å². The maximum atomic E-state index is 8.96. The second kappa shape index (κ2) is 7.31. The van der Waals surface area contributed by atoms with Crippen molar-refractivity contribution in [3.8, 4) is 6.07 Å². The van der Waals surface area contributed by atoms with Crippen molar-refractivity contribution in [2.24, 2.45) is 5.41 Å². The highest BCUT2D eigenvalue weighted by atomic mass is 15.1. The Morgan fingerprint density at radius 3 is 2.37 bits per heavy atom. The normalized spacial score (nSPS) is 11.6. The molecule has 0 atom stereocenters. The third kappa shape index (κ3) is 6.40. The minimum atomic E-state index is -0.171. The van der Waals surface area contributed by atoms with E-state index in [1.54, 1.807) is 0 Å². The molecular formula is C17H26N2. The van der Waals surface area contributed by atoms with Gasteiger partial charge in [0.05, 0.1) is 11.5 Å². The van der Waals surface area contributed by atoms with Crippen LogP contribution in [0.4, 0.5) is 0 Å². The fourth-order valence-corrected chi connectivity index (χ4v) is 2.09. The molecule has 0 saturated carbocycles. The van der Waals surface area contributed by atoms with Crippen molar-refractivity contribution in [2.75, 3.05) is 13.6 Å². The fraction of sp³-hybridized carbons (Fsp3) is 0.588. The Hall–Kier alpha value is -1.33. The van der Waals surface area contributed by atoms with Gasteiger partial charge in [0.25, 0.3) is 0 Å². The summed E-state index contributed by atoms with van der Waals surface area (Å²) in [6.45, 7) is 8.24. The Balaban J connectivity index is 2.23. The van der Waals surface area contributed by atoms with Crippen LogP contribution in [0.15, 0.2) is 24.3 Å². The van der Waals surface area contributed by atoms with E-state index >= 15 is 0 Å². The van der Waals surface area contributed by atoms with Gasteiger partial charge in [0.2, 0.25) is 0 Å². The first kappa shape index (κ1) is 15.7. The number of hydrogen-bond acceptors (Lipinski definition) is 2. The lowest BCUT2D eigenvalue weighted by Crippen LogP contribution is -2.19. The Morgan fingerprint density at radius 2 is 1.79 bits per heavy atom. The van der Waals surface area contributed by atoms with Crippen molar-refractivity contribution in [1.82, 2.24) is 4.90 Å². The summed E-state index contributed by atoms with van der Waals surface area (Å²) in [4.78, 5) is 2.35. The molecule has 19 heavy (non-hydrogen) atoms. The zero-order valence-electron chi connectivity index (χ0n) is 12.7. The van der Waals surface area contributed by atoms with Crippen molar-refractivity contribution >= 4 is 0 Å². The second-order valence-electron chi connectivity index (χ2n) is 6.18. The van der Waals surface area contributed by atoms with E-state index in [1.165, 1.54) is 11.1 Å². The number of rotatable bonds is 7. The molecule has 0 unspecified atom stereocenters. The van der Waals surface area contributed by atoms with Crippen LogP contribution in [-0.4, -0.2) is 18.5 Å². The highest BCUT2D eigenvalue weighted by Gasteiger charge is 2.15. The average molecular weight is 258 g/mol. The molecule has 0 fully saturated rings. The molecule has 0 N–H and O–H groups in total. The maximum Gasteiger partial charge on any atom is 0.0683 e. The Bertz CT molecular complexity index is 412. The number of hydrogen-bond donors (Lipinski definition) is 0. The first-order valence-electron chi connectivity index (χ1n) is 7.08. The van der Waals surface area contributed by atoms with Crippen LogP contribution in [0.3, 0.4) is 0 Å². The smallest absolute Gasteiger partial charge is 0.0683 e. The summed E-state index contributed by atoms with van der Waals surface area (Å²) in [5.74, 6) is 0. The molecule has 1 aromatic carbocycles. The molecule has 0 heterocycles. The third-order valence-corrected chi connectivity index (χ3v) is 3.47. The summed E-state index contributed by atoms with van der Waals surface area (Å²) in [5, 5.41) is 8.96. The van der Waals surface area contributed by atoms with Crippen LogP contribution in [0.2, 0.25) is 0 Å². The summed E-state index contributed by atoms with van der Waals surface area (Å²) < 4.78 is 0. The van der Waals surface area contributed by atoms with Gasteiger partial charge in [-0.15, -0.1) is 0 Å². The Labute approximate surface area is 118 Å². The first-order valence-corrected chi connectivity index (χ1v) is 7.08. The molecular weight excluding hydrogens is 232 g/mol. The van der Waals surface area contributed by atoms with Crippen LogP contribution >= 0.6 is 0 Å². The molecule has 0 aliphatic rings. The summed E-state index contributed by atoms with van der Waals surface area (Å²) in [6, 6.07) is 11.1. The van der Waals surface area contributed by atoms with Crippen LogP contribution in [-0.2, 0) is 6.54 Å². The molecule has 1 aromatic rings. The van der Waals surface area contributed by atoms with E-state index in [4.69, 9.17) is 5.26 Å². The largest absolute Gasteiger partial charge is 0.302 e. The highest BCUT2D eigenvalue weighted by Crippen LogP contribution is 2.21. The quantitative estimate of drug-likeness (QED) is 0.687. The van der Waals surface area contributed by atoms with E-state index in [9.17, 15) is 0 Å². The van der Waals surface area contributed by atoms with Gasteiger partial charge >= 0.3 is 0 Å². The Kier molecular flexibility index (Phi) is 6.05. The van der Waals surface area contributed by atoms with Crippen LogP contribution in [0.5, 0.6) is 0 Å². The molecule has 0 aliphatic carbocycles. The van der Waals surface area contributed by atoms with Gasteiger partial charge in [-0.3, -0.25) is 0 Å². The molecule has 104 valence electrons. The summed E-state index contributed by atoms with van der Waals surface area (Å²) in [5.41, 5.74) is 2.51. The summed E-state index contributed by atoms with van der Waals surface area (Å²) in [7, 11) is 2.16. The molecule has 0 amide bonds. The fourth-order valence-electron chi connectivity index (χ4n) is 2.09. The first-order chi connectivity index (χ1) is 8.93. The van der Waals surface area contributed by atoms with E-state index < -0.39 is 0 Å². The van der Waals surface area contributed by atoms with Crippen LogP contribution < -0.4 is 0 Å². The lowest BCUT2D eigenvalue weighted by atomic mass is 9.89. The number of benzene rings is 1. The monoisotopic (exact) mass is 258 g/mol. The van der Waals surface area contributed by atoms with Gasteiger partial charge < -0.3 is 4.90 Å². The molecule has 0 saturated heterocycles. The van der Waals surface area contributed by atoms with Crippen molar-refractivity contribution in [3.63, 3.8) is 0 Å². The van der Waals surface area contributed by atoms with Gasteiger partial charge in [-0.2, -0.15) is 5.26 Å². The van der Waals surface area contributed by atoms with Crippen molar-refractivity contribution in [1.29, 1.82) is 5.26 Å². The lowest BCUT2D eigenvalue weighted by Gasteiger charge is -2.18. The lowest BCUT2D eigenvalue weighted by molar-refractivity contribution is 0.307. The molecule has 0 aliphatic heterocycles. The van der Waals surface area contributed by atoms with Gasteiger partial charge in [0.15, 0.2) is 0 Å². The molecule has 0 radical (unpaired) electrons. The van der Waals surface area contributed by atoms with Crippen LogP contribution in [0.1, 0.15) is 44.2 Å². The van der Waals surface area contributed by atoms with Gasteiger partial charge in [-0.1, -0.05) is 36.2 Å². The van der Waals surface area contributed by atoms with Crippen LogP contribution in [0.25, 0.3) is 0 Å². The number of nitrogens with zero attached hydrogens (tertiary/aromatic N) is 2. The predicted molar refractivity (Wildman–Crippen MR) is 80.8 cm³/mol. The topological polar surface area (TPSA) is 27.0 Å². The standard InChI is InChI=1S/C17H26N2/c1-15-7-9-16(10-8-15)13-19(4)12-6-5-11-17(2,3)14-18/h7-10H,5-6,11-13H2,1-4H3. The van der Waals surface area contributed by atoms with Crippen molar-refractivity contribution < 1.29 is 0 Å².